The van der Waals surface area contributed by atoms with Crippen LogP contribution in [0, 0.1) is 5.82 Å². The lowest BCUT2D eigenvalue weighted by Crippen LogP contribution is -2.33. The minimum absolute atomic E-state index is 0.0565. The number of piperidine rings is 1. The molecule has 0 bridgehead atoms. The van der Waals surface area contributed by atoms with Gasteiger partial charge in [0.05, 0.1) is 16.9 Å². The third kappa shape index (κ3) is 2.85. The van der Waals surface area contributed by atoms with Gasteiger partial charge in [-0.05, 0) is 6.07 Å². The van der Waals surface area contributed by atoms with Crippen molar-refractivity contribution in [1.82, 2.24) is 4.98 Å². The predicted molar refractivity (Wildman–Crippen MR) is 92.8 cm³/mol. The molecule has 0 unspecified atom stereocenters. The van der Waals surface area contributed by atoms with Crippen LogP contribution in [0.1, 0.15) is 12.8 Å². The summed E-state index contributed by atoms with van der Waals surface area (Å²) < 4.78 is 20.0. The fraction of sp³-hybridized carbons (Fsp3) is 0.375. The Bertz CT molecular complexity index is 920. The van der Waals surface area contributed by atoms with Crippen LogP contribution in [0.5, 0.6) is 0 Å². The number of fused-ring (bicyclic) bond motifs is 1. The first-order chi connectivity index (χ1) is 12.4. The van der Waals surface area contributed by atoms with E-state index in [1.54, 1.807) is 6.07 Å². The second-order valence-electron chi connectivity index (χ2n) is 6.18. The second-order valence-corrected chi connectivity index (χ2v) is 7.19. The van der Waals surface area contributed by atoms with E-state index in [0.29, 0.717) is 35.8 Å². The third-order valence-electron chi connectivity index (χ3n) is 4.45. The van der Waals surface area contributed by atoms with Crippen LogP contribution in [0.2, 0.25) is 0 Å². The SMILES string of the molecule is NC(=O)[C@H]1CN(c2cc(F)c3nc(N4CCC(=O)CC4)sc3c2)C(=O)O1. The van der Waals surface area contributed by atoms with Crippen molar-refractivity contribution in [2.45, 2.75) is 18.9 Å². The number of carbonyl (C=O) groups excluding carboxylic acids is 3. The molecule has 8 nitrogen and oxygen atoms in total. The molecular weight excluding hydrogens is 363 g/mol. The van der Waals surface area contributed by atoms with E-state index in [2.05, 4.69) is 4.98 Å². The Kier molecular flexibility index (Phi) is 3.98. The first-order valence-electron chi connectivity index (χ1n) is 8.06. The van der Waals surface area contributed by atoms with Crippen molar-refractivity contribution in [2.75, 3.05) is 29.4 Å². The maximum absolute atomic E-state index is 14.5. The number of carbonyl (C=O) groups is 3. The summed E-state index contributed by atoms with van der Waals surface area (Å²) in [6.07, 6.45) is -0.883. The van der Waals surface area contributed by atoms with Gasteiger partial charge in [0, 0.05) is 32.0 Å². The van der Waals surface area contributed by atoms with Gasteiger partial charge in [-0.2, -0.15) is 0 Å². The topological polar surface area (TPSA) is 106 Å². The number of Topliss-reactive ketones (excluding diaryl/α,β-unsaturated/α-hetero) is 1. The summed E-state index contributed by atoms with van der Waals surface area (Å²) in [5.41, 5.74) is 5.66. The number of ether oxygens (including phenoxy) is 1. The molecule has 2 amide bonds. The average Bonchev–Trinajstić information content (AvgIpc) is 3.19. The molecule has 26 heavy (non-hydrogen) atoms. The molecule has 3 heterocycles. The maximum atomic E-state index is 14.5. The number of anilines is 2. The highest BCUT2D eigenvalue weighted by Gasteiger charge is 2.36. The normalized spacial score (nSPS) is 20.7. The van der Waals surface area contributed by atoms with Crippen LogP contribution in [0.25, 0.3) is 10.2 Å². The van der Waals surface area contributed by atoms with E-state index in [1.165, 1.54) is 22.3 Å². The number of hydrogen-bond donors (Lipinski definition) is 1. The Hall–Kier alpha value is -2.75. The number of nitrogens with two attached hydrogens (primary N) is 1. The first kappa shape index (κ1) is 16.7. The average molecular weight is 378 g/mol. The van der Waals surface area contributed by atoms with Crippen LogP contribution in [0.15, 0.2) is 12.1 Å². The largest absolute Gasteiger partial charge is 0.434 e. The van der Waals surface area contributed by atoms with Gasteiger partial charge in [-0.3, -0.25) is 14.5 Å². The molecule has 0 aliphatic carbocycles. The zero-order chi connectivity index (χ0) is 18.4. The predicted octanol–water partition coefficient (Wildman–Crippen LogP) is 1.42. The van der Waals surface area contributed by atoms with Crippen molar-refractivity contribution in [3.63, 3.8) is 0 Å². The highest BCUT2D eigenvalue weighted by molar-refractivity contribution is 7.22. The minimum Gasteiger partial charge on any atom is -0.434 e. The molecule has 1 aromatic carbocycles. The van der Waals surface area contributed by atoms with Gasteiger partial charge in [0.1, 0.15) is 11.3 Å². The standard InChI is InChI=1S/C16H15FN4O4S/c17-10-5-8(21-7-11(14(18)23)25-16(21)24)6-12-13(10)19-15(26-12)20-3-1-9(22)2-4-20/h5-6,11H,1-4,7H2,(H2,18,23)/t11-/m1/s1. The van der Waals surface area contributed by atoms with Crippen LogP contribution in [0.4, 0.5) is 20.0 Å². The lowest BCUT2D eigenvalue weighted by molar-refractivity contribution is -0.124. The number of amides is 2. The molecule has 2 N–H and O–H groups in total. The van der Waals surface area contributed by atoms with Crippen LogP contribution in [-0.4, -0.2) is 48.5 Å². The summed E-state index contributed by atoms with van der Waals surface area (Å²) in [6.45, 7) is 1.07. The molecule has 0 saturated carbocycles. The van der Waals surface area contributed by atoms with Gasteiger partial charge in [-0.25, -0.2) is 14.2 Å². The van der Waals surface area contributed by atoms with Crippen molar-refractivity contribution < 1.29 is 23.5 Å². The maximum Gasteiger partial charge on any atom is 0.415 e. The molecule has 2 aliphatic rings. The molecule has 0 radical (unpaired) electrons. The van der Waals surface area contributed by atoms with Crippen molar-refractivity contribution >= 4 is 50.2 Å². The third-order valence-corrected chi connectivity index (χ3v) is 5.52. The van der Waals surface area contributed by atoms with E-state index in [1.807, 2.05) is 4.90 Å². The molecule has 2 aliphatic heterocycles. The first-order valence-corrected chi connectivity index (χ1v) is 8.88. The molecule has 0 spiro atoms. The summed E-state index contributed by atoms with van der Waals surface area (Å²) in [4.78, 5) is 42.0. The van der Waals surface area contributed by atoms with Crippen molar-refractivity contribution in [2.24, 2.45) is 5.73 Å². The van der Waals surface area contributed by atoms with E-state index >= 15 is 0 Å². The van der Waals surface area contributed by atoms with E-state index < -0.39 is 23.9 Å². The summed E-state index contributed by atoms with van der Waals surface area (Å²) in [7, 11) is 0. The number of thiazole rings is 1. The lowest BCUT2D eigenvalue weighted by Gasteiger charge is -2.25. The molecule has 2 fully saturated rings. The number of rotatable bonds is 3. The molecular formula is C16H15FN4O4S. The summed E-state index contributed by atoms with van der Waals surface area (Å²) in [5, 5.41) is 0.641. The fourth-order valence-electron chi connectivity index (χ4n) is 3.02. The molecule has 1 aromatic heterocycles. The van der Waals surface area contributed by atoms with Crippen molar-refractivity contribution in [3.05, 3.63) is 17.9 Å². The van der Waals surface area contributed by atoms with Crippen LogP contribution in [-0.2, 0) is 14.3 Å². The Morgan fingerprint density at radius 1 is 1.31 bits per heavy atom. The lowest BCUT2D eigenvalue weighted by atomic mass is 10.1. The number of nitrogens with zero attached hydrogens (tertiary/aromatic N) is 3. The number of cyclic esters (lactones) is 1. The van der Waals surface area contributed by atoms with Gasteiger partial charge in [-0.1, -0.05) is 11.3 Å². The van der Waals surface area contributed by atoms with Crippen molar-refractivity contribution in [3.8, 4) is 0 Å². The van der Waals surface area contributed by atoms with Gasteiger partial charge in [0.2, 0.25) is 0 Å². The summed E-state index contributed by atoms with van der Waals surface area (Å²) in [5.74, 6) is -1.10. The highest BCUT2D eigenvalue weighted by atomic mass is 32.1. The van der Waals surface area contributed by atoms with E-state index in [4.69, 9.17) is 10.5 Å². The number of hydrogen-bond acceptors (Lipinski definition) is 7. The number of ketones is 1. The Morgan fingerprint density at radius 3 is 2.69 bits per heavy atom. The summed E-state index contributed by atoms with van der Waals surface area (Å²) >= 11 is 1.29. The molecule has 1 atom stereocenters. The minimum atomic E-state index is -1.05. The molecule has 4 rings (SSSR count). The second kappa shape index (κ2) is 6.20. The monoisotopic (exact) mass is 378 g/mol. The smallest absolute Gasteiger partial charge is 0.415 e. The molecule has 136 valence electrons. The Balaban J connectivity index is 1.65. The number of benzene rings is 1. The molecule has 2 aromatic rings. The summed E-state index contributed by atoms with van der Waals surface area (Å²) in [6, 6.07) is 2.83. The Labute approximate surface area is 151 Å². The zero-order valence-electron chi connectivity index (χ0n) is 13.6. The van der Waals surface area contributed by atoms with Gasteiger partial charge in [0.15, 0.2) is 17.1 Å². The van der Waals surface area contributed by atoms with Gasteiger partial charge >= 0.3 is 6.09 Å². The van der Waals surface area contributed by atoms with E-state index in [0.717, 1.165) is 0 Å². The van der Waals surface area contributed by atoms with Crippen LogP contribution < -0.4 is 15.5 Å². The molecule has 10 heteroatoms. The number of aromatic nitrogens is 1. The van der Waals surface area contributed by atoms with Crippen LogP contribution >= 0.6 is 11.3 Å². The van der Waals surface area contributed by atoms with Crippen molar-refractivity contribution in [1.29, 1.82) is 0 Å². The quantitative estimate of drug-likeness (QED) is 0.866. The van der Waals surface area contributed by atoms with Crippen LogP contribution in [0.3, 0.4) is 0 Å². The Morgan fingerprint density at radius 2 is 2.04 bits per heavy atom. The van der Waals surface area contributed by atoms with Gasteiger partial charge in [-0.15, -0.1) is 0 Å². The zero-order valence-corrected chi connectivity index (χ0v) is 14.4. The molecule has 2 saturated heterocycles. The van der Waals surface area contributed by atoms with Gasteiger partial charge in [0.25, 0.3) is 5.91 Å². The van der Waals surface area contributed by atoms with E-state index in [-0.39, 0.29) is 23.5 Å². The number of halogens is 1. The van der Waals surface area contributed by atoms with E-state index in [9.17, 15) is 18.8 Å². The fourth-order valence-corrected chi connectivity index (χ4v) is 4.09. The number of primary amides is 1. The highest BCUT2D eigenvalue weighted by Crippen LogP contribution is 2.35. The van der Waals surface area contributed by atoms with Gasteiger partial charge < -0.3 is 15.4 Å².